The molecule has 168 valence electrons. The lowest BCUT2D eigenvalue weighted by Crippen LogP contribution is -2.43. The Morgan fingerprint density at radius 3 is 2.10 bits per heavy atom. The van der Waals surface area contributed by atoms with E-state index < -0.39 is 23.7 Å². The number of piperazine rings is 1. The van der Waals surface area contributed by atoms with E-state index in [1.165, 1.54) is 6.07 Å². The molecular formula is C20H22F3N3O5. The van der Waals surface area contributed by atoms with Crippen LogP contribution >= 0.6 is 0 Å². The quantitative estimate of drug-likeness (QED) is 0.574. The molecule has 0 saturated carbocycles. The van der Waals surface area contributed by atoms with Crippen LogP contribution in [0.2, 0.25) is 0 Å². The highest BCUT2D eigenvalue weighted by Crippen LogP contribution is 2.25. The first-order valence-corrected chi connectivity index (χ1v) is 9.40. The van der Waals surface area contributed by atoms with Crippen LogP contribution in [0.1, 0.15) is 22.8 Å². The van der Waals surface area contributed by atoms with E-state index in [2.05, 4.69) is 15.2 Å². The van der Waals surface area contributed by atoms with Gasteiger partial charge >= 0.3 is 18.1 Å². The van der Waals surface area contributed by atoms with Crippen molar-refractivity contribution in [2.24, 2.45) is 0 Å². The van der Waals surface area contributed by atoms with Crippen molar-refractivity contribution in [3.8, 4) is 11.3 Å². The molecule has 11 heteroatoms. The molecule has 2 aromatic rings. The van der Waals surface area contributed by atoms with E-state index in [0.717, 1.165) is 43.0 Å². The van der Waals surface area contributed by atoms with Crippen LogP contribution in [0.4, 0.5) is 18.9 Å². The maximum absolute atomic E-state index is 12.0. The Morgan fingerprint density at radius 1 is 1.10 bits per heavy atom. The molecule has 8 nitrogen and oxygen atoms in total. The Bertz CT molecular complexity index is 981. The number of hydrogen-bond donors (Lipinski definition) is 4. The van der Waals surface area contributed by atoms with Gasteiger partial charge in [0.05, 0.1) is 5.69 Å². The molecule has 1 aliphatic heterocycles. The summed E-state index contributed by atoms with van der Waals surface area (Å²) >= 11 is 0. The van der Waals surface area contributed by atoms with Gasteiger partial charge in [0.25, 0.3) is 5.56 Å². The van der Waals surface area contributed by atoms with Gasteiger partial charge in [-0.15, -0.1) is 0 Å². The molecule has 0 radical (unpaired) electrons. The first-order valence-electron chi connectivity index (χ1n) is 9.40. The highest BCUT2D eigenvalue weighted by Gasteiger charge is 2.38. The summed E-state index contributed by atoms with van der Waals surface area (Å²) < 4.78 is 31.7. The third-order valence-corrected chi connectivity index (χ3v) is 4.61. The summed E-state index contributed by atoms with van der Waals surface area (Å²) in [4.78, 5) is 37.1. The van der Waals surface area contributed by atoms with Gasteiger partial charge < -0.3 is 25.4 Å². The molecule has 0 amide bonds. The lowest BCUT2D eigenvalue weighted by atomic mass is 10.0. The minimum Gasteiger partial charge on any atom is -0.477 e. The van der Waals surface area contributed by atoms with Crippen molar-refractivity contribution < 1.29 is 33.0 Å². The second-order valence-corrected chi connectivity index (χ2v) is 6.66. The van der Waals surface area contributed by atoms with Crippen molar-refractivity contribution in [3.63, 3.8) is 0 Å². The van der Waals surface area contributed by atoms with E-state index >= 15 is 0 Å². The number of anilines is 1. The topological polar surface area (TPSA) is 123 Å². The molecule has 0 bridgehead atoms. The number of rotatable bonds is 4. The molecule has 3 rings (SSSR count). The Kier molecular flexibility index (Phi) is 7.81. The number of nitrogens with one attached hydrogen (secondary N) is 2. The van der Waals surface area contributed by atoms with Gasteiger partial charge in [0.2, 0.25) is 0 Å². The number of hydrogen-bond acceptors (Lipinski definition) is 5. The van der Waals surface area contributed by atoms with Crippen LogP contribution in [-0.4, -0.2) is 59.5 Å². The van der Waals surface area contributed by atoms with E-state index in [1.807, 2.05) is 31.2 Å². The molecule has 0 aliphatic carbocycles. The third kappa shape index (κ3) is 6.32. The number of carboxylic acids is 2. The zero-order valence-corrected chi connectivity index (χ0v) is 16.6. The van der Waals surface area contributed by atoms with Gasteiger partial charge in [-0.1, -0.05) is 19.1 Å². The highest BCUT2D eigenvalue weighted by molar-refractivity contribution is 5.88. The zero-order chi connectivity index (χ0) is 23.2. The molecule has 4 N–H and O–H groups in total. The van der Waals surface area contributed by atoms with Crippen molar-refractivity contribution in [1.82, 2.24) is 10.3 Å². The van der Waals surface area contributed by atoms with Crippen molar-refractivity contribution in [2.45, 2.75) is 19.5 Å². The van der Waals surface area contributed by atoms with Gasteiger partial charge in [-0.25, -0.2) is 9.59 Å². The lowest BCUT2D eigenvalue weighted by Gasteiger charge is -2.29. The van der Waals surface area contributed by atoms with Crippen LogP contribution in [0.3, 0.4) is 0 Å². The number of carboxylic acid groups (broad SMARTS) is 2. The second-order valence-electron chi connectivity index (χ2n) is 6.66. The van der Waals surface area contributed by atoms with Crippen molar-refractivity contribution >= 4 is 17.6 Å². The number of halogens is 3. The number of aromatic carboxylic acids is 1. The predicted molar refractivity (Wildman–Crippen MR) is 108 cm³/mol. The molecular weight excluding hydrogens is 419 g/mol. The summed E-state index contributed by atoms with van der Waals surface area (Å²) in [5.41, 5.74) is 2.78. The number of alkyl halides is 3. The van der Waals surface area contributed by atoms with Gasteiger partial charge in [-0.2, -0.15) is 13.2 Å². The van der Waals surface area contributed by atoms with E-state index in [1.54, 1.807) is 0 Å². The van der Waals surface area contributed by atoms with Gasteiger partial charge in [0.15, 0.2) is 0 Å². The standard InChI is InChI=1S/C18H21N3O3.C2HF3O2/c1-2-12-11-15(18(23)24)17(22)20-16(12)13-3-5-14(6-4-13)21-9-7-19-8-10-21;3-2(4,5)1(6)7/h3-6,11,19H,2,7-10H2,1H3,(H,20,22)(H,23,24);(H,6,7). The summed E-state index contributed by atoms with van der Waals surface area (Å²) in [6.45, 7) is 5.85. The van der Waals surface area contributed by atoms with Crippen LogP contribution < -0.4 is 15.8 Å². The molecule has 31 heavy (non-hydrogen) atoms. The van der Waals surface area contributed by atoms with Gasteiger partial charge in [-0.3, -0.25) is 4.79 Å². The number of aromatic amines is 1. The number of pyridine rings is 1. The number of benzene rings is 1. The van der Waals surface area contributed by atoms with E-state index in [4.69, 9.17) is 15.0 Å². The van der Waals surface area contributed by atoms with Gasteiger partial charge in [0, 0.05) is 31.9 Å². The van der Waals surface area contributed by atoms with Crippen LogP contribution in [-0.2, 0) is 11.2 Å². The average Bonchev–Trinajstić information content (AvgIpc) is 2.74. The number of aliphatic carboxylic acids is 1. The Morgan fingerprint density at radius 2 is 1.65 bits per heavy atom. The highest BCUT2D eigenvalue weighted by atomic mass is 19.4. The van der Waals surface area contributed by atoms with Crippen molar-refractivity contribution in [2.75, 3.05) is 31.1 Å². The maximum Gasteiger partial charge on any atom is 0.490 e. The summed E-state index contributed by atoms with van der Waals surface area (Å²) in [7, 11) is 0. The summed E-state index contributed by atoms with van der Waals surface area (Å²) in [5, 5.41) is 19.6. The second kappa shape index (κ2) is 10.1. The lowest BCUT2D eigenvalue weighted by molar-refractivity contribution is -0.192. The molecule has 1 saturated heterocycles. The first kappa shape index (κ1) is 23.9. The smallest absolute Gasteiger partial charge is 0.477 e. The summed E-state index contributed by atoms with van der Waals surface area (Å²) in [6.07, 6.45) is -4.44. The Labute approximate surface area is 175 Å². The number of carbonyl (C=O) groups is 2. The van der Waals surface area contributed by atoms with Crippen LogP contribution in [0.5, 0.6) is 0 Å². The Hall–Kier alpha value is -3.34. The molecule has 0 unspecified atom stereocenters. The fourth-order valence-corrected chi connectivity index (χ4v) is 3.03. The van der Waals surface area contributed by atoms with E-state index in [0.29, 0.717) is 12.1 Å². The minimum absolute atomic E-state index is 0.215. The largest absolute Gasteiger partial charge is 0.490 e. The van der Waals surface area contributed by atoms with Gasteiger partial charge in [-0.05, 0) is 35.7 Å². The number of aromatic nitrogens is 1. The average molecular weight is 441 g/mol. The fraction of sp³-hybridized carbons (Fsp3) is 0.350. The monoisotopic (exact) mass is 441 g/mol. The van der Waals surface area contributed by atoms with Crippen LogP contribution in [0.15, 0.2) is 35.1 Å². The predicted octanol–water partition coefficient (Wildman–Crippen LogP) is 2.35. The molecule has 0 atom stereocenters. The Balaban J connectivity index is 0.000000423. The fourth-order valence-electron chi connectivity index (χ4n) is 3.03. The first-order chi connectivity index (χ1) is 14.5. The molecule has 1 aromatic carbocycles. The van der Waals surface area contributed by atoms with Crippen molar-refractivity contribution in [3.05, 3.63) is 51.8 Å². The third-order valence-electron chi connectivity index (χ3n) is 4.61. The molecule has 2 heterocycles. The number of aryl methyl sites for hydroxylation is 1. The van der Waals surface area contributed by atoms with Crippen LogP contribution in [0.25, 0.3) is 11.3 Å². The molecule has 1 aromatic heterocycles. The van der Waals surface area contributed by atoms with Gasteiger partial charge in [0.1, 0.15) is 5.56 Å². The molecule has 1 aliphatic rings. The number of nitrogens with zero attached hydrogens (tertiary/aromatic N) is 1. The normalized spacial score (nSPS) is 13.9. The SMILES string of the molecule is CCc1cc(C(=O)O)c(=O)[nH]c1-c1ccc(N2CCNCC2)cc1.O=C(O)C(F)(F)F. The number of H-pyrrole nitrogens is 1. The maximum atomic E-state index is 12.0. The summed E-state index contributed by atoms with van der Waals surface area (Å²) in [5.74, 6) is -3.96. The van der Waals surface area contributed by atoms with E-state index in [-0.39, 0.29) is 5.56 Å². The summed E-state index contributed by atoms with van der Waals surface area (Å²) in [6, 6.07) is 9.51. The minimum atomic E-state index is -5.08. The van der Waals surface area contributed by atoms with E-state index in [9.17, 15) is 22.8 Å². The zero-order valence-electron chi connectivity index (χ0n) is 16.6. The van der Waals surface area contributed by atoms with Crippen molar-refractivity contribution in [1.29, 1.82) is 0 Å². The molecule has 1 fully saturated rings. The molecule has 0 spiro atoms. The van der Waals surface area contributed by atoms with Crippen LogP contribution in [0, 0.1) is 0 Å².